The lowest BCUT2D eigenvalue weighted by atomic mass is 10.0. The number of ether oxygens (including phenoxy) is 1. The minimum absolute atomic E-state index is 0.134. The van der Waals surface area contributed by atoms with E-state index in [1.165, 1.54) is 7.11 Å². The Hall–Kier alpha value is -1.10. The molecule has 0 aromatic carbocycles. The van der Waals surface area contributed by atoms with Gasteiger partial charge < -0.3 is 9.64 Å². The van der Waals surface area contributed by atoms with Crippen LogP contribution in [0.1, 0.15) is 27.2 Å². The predicted octanol–water partition coefficient (Wildman–Crippen LogP) is 0.492. The van der Waals surface area contributed by atoms with Gasteiger partial charge in [0.15, 0.2) is 0 Å². The molecule has 0 bridgehead atoms. The third-order valence-electron chi connectivity index (χ3n) is 3.10. The van der Waals surface area contributed by atoms with Gasteiger partial charge in [0.2, 0.25) is 5.91 Å². The normalized spacial score (nSPS) is 18.0. The summed E-state index contributed by atoms with van der Waals surface area (Å²) in [5.41, 5.74) is 0.136. The van der Waals surface area contributed by atoms with Gasteiger partial charge >= 0.3 is 5.97 Å². The highest BCUT2D eigenvalue weighted by Crippen LogP contribution is 2.16. The molecule has 1 aliphatic rings. The molecule has 0 radical (unpaired) electrons. The molecule has 5 nitrogen and oxygen atoms in total. The van der Waals surface area contributed by atoms with Crippen LogP contribution < -0.4 is 0 Å². The quantitative estimate of drug-likeness (QED) is 0.522. The van der Waals surface area contributed by atoms with Crippen molar-refractivity contribution < 1.29 is 14.3 Å². The Morgan fingerprint density at radius 2 is 1.65 bits per heavy atom. The average Bonchev–Trinajstić information content (AvgIpc) is 2.27. The van der Waals surface area contributed by atoms with Gasteiger partial charge in [0.05, 0.1) is 7.11 Å². The number of hydrogen-bond acceptors (Lipinski definition) is 4. The van der Waals surface area contributed by atoms with Crippen molar-refractivity contribution in [1.82, 2.24) is 9.80 Å². The minimum atomic E-state index is -0.465. The summed E-state index contributed by atoms with van der Waals surface area (Å²) in [6.07, 6.45) is -0.147. The molecule has 0 aromatic heterocycles. The van der Waals surface area contributed by atoms with E-state index in [0.717, 1.165) is 13.1 Å². The predicted molar refractivity (Wildman–Crippen MR) is 64.5 cm³/mol. The van der Waals surface area contributed by atoms with Crippen molar-refractivity contribution in [3.05, 3.63) is 0 Å². The molecule has 0 N–H and O–H groups in total. The van der Waals surface area contributed by atoms with Crippen molar-refractivity contribution in [2.75, 3.05) is 33.3 Å². The fourth-order valence-electron chi connectivity index (χ4n) is 1.93. The molecule has 5 heteroatoms. The SMILES string of the molecule is COC(=O)CC(=O)N1CCN(C(C)(C)C)CC1. The molecule has 0 aliphatic carbocycles. The fourth-order valence-corrected chi connectivity index (χ4v) is 1.93. The van der Waals surface area contributed by atoms with Crippen molar-refractivity contribution in [3.8, 4) is 0 Å². The Morgan fingerprint density at radius 1 is 1.12 bits per heavy atom. The van der Waals surface area contributed by atoms with E-state index < -0.39 is 5.97 Å². The minimum Gasteiger partial charge on any atom is -0.469 e. The summed E-state index contributed by atoms with van der Waals surface area (Å²) in [6, 6.07) is 0. The highest BCUT2D eigenvalue weighted by atomic mass is 16.5. The van der Waals surface area contributed by atoms with E-state index in [1.807, 2.05) is 0 Å². The monoisotopic (exact) mass is 242 g/mol. The maximum Gasteiger partial charge on any atom is 0.315 e. The van der Waals surface area contributed by atoms with Crippen molar-refractivity contribution >= 4 is 11.9 Å². The zero-order valence-electron chi connectivity index (χ0n) is 11.2. The largest absolute Gasteiger partial charge is 0.469 e. The Kier molecular flexibility index (Phi) is 4.51. The fraction of sp³-hybridized carbons (Fsp3) is 0.833. The van der Waals surface area contributed by atoms with Gasteiger partial charge in [-0.25, -0.2) is 0 Å². The van der Waals surface area contributed by atoms with Gasteiger partial charge in [-0.1, -0.05) is 0 Å². The number of esters is 1. The third-order valence-corrected chi connectivity index (χ3v) is 3.10. The van der Waals surface area contributed by atoms with E-state index in [-0.39, 0.29) is 17.9 Å². The third kappa shape index (κ3) is 4.00. The summed E-state index contributed by atoms with van der Waals surface area (Å²) in [5, 5.41) is 0. The van der Waals surface area contributed by atoms with Crippen molar-refractivity contribution in [1.29, 1.82) is 0 Å². The van der Waals surface area contributed by atoms with Gasteiger partial charge in [-0.2, -0.15) is 0 Å². The molecule has 1 aliphatic heterocycles. The number of nitrogens with zero attached hydrogens (tertiary/aromatic N) is 2. The van der Waals surface area contributed by atoms with Crippen molar-refractivity contribution in [2.45, 2.75) is 32.7 Å². The molecule has 1 heterocycles. The molecule has 0 atom stereocenters. The van der Waals surface area contributed by atoms with E-state index in [9.17, 15) is 9.59 Å². The molecule has 0 spiro atoms. The summed E-state index contributed by atoms with van der Waals surface area (Å²) in [5.74, 6) is -0.598. The first kappa shape index (κ1) is 14.0. The number of carbonyl (C=O) groups excluding carboxylic acids is 2. The number of methoxy groups -OCH3 is 1. The molecule has 0 aromatic rings. The van der Waals surface area contributed by atoms with Crippen LogP contribution in [0.15, 0.2) is 0 Å². The second-order valence-corrected chi connectivity index (χ2v) is 5.29. The number of piperazine rings is 1. The Balaban J connectivity index is 2.42. The van der Waals surface area contributed by atoms with E-state index in [4.69, 9.17) is 0 Å². The molecule has 1 amide bonds. The zero-order valence-corrected chi connectivity index (χ0v) is 11.2. The molecule has 17 heavy (non-hydrogen) atoms. The molecule has 0 saturated carbocycles. The van der Waals surface area contributed by atoms with Crippen LogP contribution >= 0.6 is 0 Å². The van der Waals surface area contributed by atoms with Crippen LogP contribution in [0.2, 0.25) is 0 Å². The van der Waals surface area contributed by atoms with Gasteiger partial charge in [-0.3, -0.25) is 14.5 Å². The number of rotatable bonds is 2. The topological polar surface area (TPSA) is 49.9 Å². The highest BCUT2D eigenvalue weighted by Gasteiger charge is 2.28. The Labute approximate surface area is 103 Å². The van der Waals surface area contributed by atoms with Crippen LogP contribution in [0.25, 0.3) is 0 Å². The van der Waals surface area contributed by atoms with Gasteiger partial charge in [0, 0.05) is 31.7 Å². The maximum absolute atomic E-state index is 11.7. The van der Waals surface area contributed by atoms with Crippen molar-refractivity contribution in [3.63, 3.8) is 0 Å². The van der Waals surface area contributed by atoms with Gasteiger partial charge in [-0.15, -0.1) is 0 Å². The van der Waals surface area contributed by atoms with Crippen LogP contribution in [-0.4, -0.2) is 60.5 Å². The number of hydrogen-bond donors (Lipinski definition) is 0. The molecule has 1 saturated heterocycles. The van der Waals surface area contributed by atoms with Gasteiger partial charge in [-0.05, 0) is 20.8 Å². The molecule has 0 unspecified atom stereocenters. The summed E-state index contributed by atoms with van der Waals surface area (Å²) in [7, 11) is 1.30. The van der Waals surface area contributed by atoms with Crippen LogP contribution in [-0.2, 0) is 14.3 Å². The summed E-state index contributed by atoms with van der Waals surface area (Å²) in [6.45, 7) is 9.59. The lowest BCUT2D eigenvalue weighted by Gasteiger charge is -2.42. The first-order valence-corrected chi connectivity index (χ1v) is 5.94. The average molecular weight is 242 g/mol. The highest BCUT2D eigenvalue weighted by molar-refractivity contribution is 5.94. The molecule has 1 rings (SSSR count). The molecule has 98 valence electrons. The van der Waals surface area contributed by atoms with E-state index in [0.29, 0.717) is 13.1 Å². The maximum atomic E-state index is 11.7. The second-order valence-electron chi connectivity index (χ2n) is 5.29. The Morgan fingerprint density at radius 3 is 2.06 bits per heavy atom. The lowest BCUT2D eigenvalue weighted by molar-refractivity contribution is -0.147. The van der Waals surface area contributed by atoms with Crippen molar-refractivity contribution in [2.24, 2.45) is 0 Å². The number of carbonyl (C=O) groups is 2. The second kappa shape index (κ2) is 5.49. The number of amides is 1. The van der Waals surface area contributed by atoms with Crippen LogP contribution in [0.3, 0.4) is 0 Å². The van der Waals surface area contributed by atoms with E-state index >= 15 is 0 Å². The summed E-state index contributed by atoms with van der Waals surface area (Å²) >= 11 is 0. The van der Waals surface area contributed by atoms with Gasteiger partial charge in [0.1, 0.15) is 6.42 Å². The molecular formula is C12H22N2O3. The Bertz CT molecular complexity index is 289. The van der Waals surface area contributed by atoms with Crippen LogP contribution in [0, 0.1) is 0 Å². The van der Waals surface area contributed by atoms with Crippen LogP contribution in [0.5, 0.6) is 0 Å². The van der Waals surface area contributed by atoms with Crippen LogP contribution in [0.4, 0.5) is 0 Å². The first-order valence-electron chi connectivity index (χ1n) is 5.94. The van der Waals surface area contributed by atoms with E-state index in [2.05, 4.69) is 30.4 Å². The smallest absolute Gasteiger partial charge is 0.315 e. The first-order chi connectivity index (χ1) is 7.84. The standard InChI is InChI=1S/C12H22N2O3/c1-12(2,3)14-7-5-13(6-8-14)10(15)9-11(16)17-4/h5-9H2,1-4H3. The molecule has 1 fully saturated rings. The lowest BCUT2D eigenvalue weighted by Crippen LogP contribution is -2.54. The summed E-state index contributed by atoms with van der Waals surface area (Å²) < 4.78 is 4.49. The zero-order chi connectivity index (χ0) is 13.1. The van der Waals surface area contributed by atoms with Gasteiger partial charge in [0.25, 0.3) is 0 Å². The summed E-state index contributed by atoms with van der Waals surface area (Å²) in [4.78, 5) is 26.8. The van der Waals surface area contributed by atoms with E-state index in [1.54, 1.807) is 4.90 Å². The molecular weight excluding hydrogens is 220 g/mol.